The van der Waals surface area contributed by atoms with E-state index >= 15 is 0 Å². The maximum Gasteiger partial charge on any atom is 0.120 e. The molecule has 0 aliphatic carbocycles. The van der Waals surface area contributed by atoms with E-state index < -0.39 is 0 Å². The smallest absolute Gasteiger partial charge is 0.120 e. The van der Waals surface area contributed by atoms with Gasteiger partial charge in [-0.3, -0.25) is 0 Å². The van der Waals surface area contributed by atoms with Gasteiger partial charge in [-0.2, -0.15) is 0 Å². The highest BCUT2D eigenvalue weighted by molar-refractivity contribution is 9.10. The lowest BCUT2D eigenvalue weighted by Gasteiger charge is -2.26. The monoisotopic (exact) mass is 313 g/mol. The number of ether oxygens (including phenoxy) is 1. The largest absolute Gasteiger partial charge is 0.489 e. The minimum atomic E-state index is 0.132. The average molecular weight is 314 g/mol. The third-order valence-corrected chi connectivity index (χ3v) is 3.06. The van der Waals surface area contributed by atoms with Crippen LogP contribution < -0.4 is 10.1 Å². The van der Waals surface area contributed by atoms with Crippen LogP contribution in [0, 0.1) is 0 Å². The first-order chi connectivity index (χ1) is 8.40. The summed E-state index contributed by atoms with van der Waals surface area (Å²) in [6, 6.07) is 8.03. The Morgan fingerprint density at radius 3 is 2.61 bits per heavy atom. The predicted octanol–water partition coefficient (Wildman–Crippen LogP) is 4.38. The van der Waals surface area contributed by atoms with E-state index in [1.54, 1.807) is 0 Å². The topological polar surface area (TPSA) is 21.3 Å². The molecular weight excluding hydrogens is 290 g/mol. The molecule has 1 N–H and O–H groups in total. The molecule has 0 aromatic heterocycles. The zero-order chi connectivity index (χ0) is 13.6. The van der Waals surface area contributed by atoms with E-state index in [0.717, 1.165) is 29.6 Å². The highest BCUT2D eigenvalue weighted by Crippen LogP contribution is 2.20. The summed E-state index contributed by atoms with van der Waals surface area (Å²) < 4.78 is 7.09. The van der Waals surface area contributed by atoms with Crippen molar-refractivity contribution in [1.29, 1.82) is 0 Å². The molecule has 1 atom stereocenters. The molecule has 0 fully saturated rings. The zero-order valence-electron chi connectivity index (χ0n) is 11.8. The van der Waals surface area contributed by atoms with Gasteiger partial charge in [0.2, 0.25) is 0 Å². The van der Waals surface area contributed by atoms with Crippen molar-refractivity contribution < 1.29 is 4.74 Å². The van der Waals surface area contributed by atoms with Gasteiger partial charge in [0.25, 0.3) is 0 Å². The van der Waals surface area contributed by atoms with Gasteiger partial charge in [-0.1, -0.05) is 35.3 Å². The summed E-state index contributed by atoms with van der Waals surface area (Å²) in [5.41, 5.74) is 0.132. The Hall–Kier alpha value is -0.540. The number of halogens is 1. The maximum absolute atomic E-state index is 6.04. The Morgan fingerprint density at radius 1 is 1.33 bits per heavy atom. The molecule has 0 saturated heterocycles. The van der Waals surface area contributed by atoms with Crippen molar-refractivity contribution in [2.75, 3.05) is 6.54 Å². The molecule has 0 radical (unpaired) electrons. The molecule has 18 heavy (non-hydrogen) atoms. The summed E-state index contributed by atoms with van der Waals surface area (Å²) in [5, 5.41) is 3.50. The lowest BCUT2D eigenvalue weighted by atomic mass is 10.1. The molecule has 0 amide bonds. The van der Waals surface area contributed by atoms with Crippen LogP contribution in [0.5, 0.6) is 5.75 Å². The van der Waals surface area contributed by atoms with Gasteiger partial charge < -0.3 is 10.1 Å². The zero-order valence-corrected chi connectivity index (χ0v) is 13.4. The number of nitrogens with one attached hydrogen (secondary N) is 1. The quantitative estimate of drug-likeness (QED) is 0.841. The van der Waals surface area contributed by atoms with Crippen molar-refractivity contribution in [3.63, 3.8) is 0 Å². The van der Waals surface area contributed by atoms with Crippen molar-refractivity contribution >= 4 is 15.9 Å². The van der Waals surface area contributed by atoms with E-state index in [4.69, 9.17) is 4.74 Å². The van der Waals surface area contributed by atoms with Crippen LogP contribution in [0.2, 0.25) is 0 Å². The number of hydrogen-bond acceptors (Lipinski definition) is 2. The lowest BCUT2D eigenvalue weighted by molar-refractivity contribution is 0.175. The van der Waals surface area contributed by atoms with Crippen LogP contribution in [0.25, 0.3) is 0 Å². The first-order valence-corrected chi connectivity index (χ1v) is 7.37. The van der Waals surface area contributed by atoms with Gasteiger partial charge in [0.1, 0.15) is 11.9 Å². The fourth-order valence-electron chi connectivity index (χ4n) is 1.68. The maximum atomic E-state index is 6.04. The Kier molecular flexibility index (Phi) is 6.16. The van der Waals surface area contributed by atoms with E-state index in [1.165, 1.54) is 0 Å². The molecule has 0 aliphatic rings. The minimum Gasteiger partial charge on any atom is -0.489 e. The Bertz CT molecular complexity index is 360. The predicted molar refractivity (Wildman–Crippen MR) is 81.2 cm³/mol. The van der Waals surface area contributed by atoms with Crippen molar-refractivity contribution in [1.82, 2.24) is 5.32 Å². The van der Waals surface area contributed by atoms with Gasteiger partial charge >= 0.3 is 0 Å². The second kappa shape index (κ2) is 7.15. The fourth-order valence-corrected chi connectivity index (χ4v) is 2.06. The number of benzene rings is 1. The summed E-state index contributed by atoms with van der Waals surface area (Å²) >= 11 is 3.47. The molecule has 0 aliphatic heterocycles. The van der Waals surface area contributed by atoms with Crippen LogP contribution in [0.3, 0.4) is 0 Å². The second-order valence-electron chi connectivity index (χ2n) is 5.62. The van der Waals surface area contributed by atoms with Crippen LogP contribution in [-0.2, 0) is 0 Å². The Balaban J connectivity index is 2.57. The molecule has 102 valence electrons. The highest BCUT2D eigenvalue weighted by atomic mass is 79.9. The molecule has 1 rings (SSSR count). The molecule has 0 spiro atoms. The van der Waals surface area contributed by atoms with Gasteiger partial charge in [0.05, 0.1) is 0 Å². The number of hydrogen-bond donors (Lipinski definition) is 1. The van der Waals surface area contributed by atoms with Gasteiger partial charge in [-0.25, -0.2) is 0 Å². The van der Waals surface area contributed by atoms with E-state index in [2.05, 4.69) is 48.9 Å². The Morgan fingerprint density at radius 2 is 2.06 bits per heavy atom. The molecule has 1 unspecified atom stereocenters. The summed E-state index contributed by atoms with van der Waals surface area (Å²) in [6.45, 7) is 9.59. The van der Waals surface area contributed by atoms with Crippen molar-refractivity contribution in [3.8, 4) is 5.75 Å². The van der Waals surface area contributed by atoms with Crippen LogP contribution in [0.4, 0.5) is 0 Å². The first-order valence-electron chi connectivity index (χ1n) is 6.58. The molecule has 0 heterocycles. The van der Waals surface area contributed by atoms with E-state index in [1.807, 2.05) is 24.3 Å². The van der Waals surface area contributed by atoms with Gasteiger partial charge in [0, 0.05) is 16.6 Å². The minimum absolute atomic E-state index is 0.132. The summed E-state index contributed by atoms with van der Waals surface area (Å²) in [6.07, 6.45) is 2.42. The van der Waals surface area contributed by atoms with Crippen LogP contribution in [0.15, 0.2) is 28.7 Å². The first kappa shape index (κ1) is 15.5. The van der Waals surface area contributed by atoms with Gasteiger partial charge in [-0.05, 0) is 45.4 Å². The molecule has 1 aromatic rings. The third-order valence-electron chi connectivity index (χ3n) is 2.57. The average Bonchev–Trinajstić information content (AvgIpc) is 2.25. The van der Waals surface area contributed by atoms with Crippen molar-refractivity contribution in [3.05, 3.63) is 28.7 Å². The fraction of sp³-hybridized carbons (Fsp3) is 0.600. The summed E-state index contributed by atoms with van der Waals surface area (Å²) in [5.74, 6) is 0.929. The SMILES string of the molecule is CCCC(CNC(C)(C)C)Oc1cccc(Br)c1. The van der Waals surface area contributed by atoms with Crippen molar-refractivity contribution in [2.45, 2.75) is 52.2 Å². The van der Waals surface area contributed by atoms with E-state index in [-0.39, 0.29) is 11.6 Å². The highest BCUT2D eigenvalue weighted by Gasteiger charge is 2.15. The Labute approximate surface area is 119 Å². The molecule has 0 bridgehead atoms. The standard InChI is InChI=1S/C15H24BrNO/c1-5-7-14(11-17-15(2,3)4)18-13-9-6-8-12(16)10-13/h6,8-10,14,17H,5,7,11H2,1-4H3. The molecular formula is C15H24BrNO. The van der Waals surface area contributed by atoms with Crippen LogP contribution >= 0.6 is 15.9 Å². The van der Waals surface area contributed by atoms with Crippen LogP contribution in [-0.4, -0.2) is 18.2 Å². The third kappa shape index (κ3) is 6.41. The van der Waals surface area contributed by atoms with E-state index in [0.29, 0.717) is 0 Å². The molecule has 3 heteroatoms. The molecule has 2 nitrogen and oxygen atoms in total. The van der Waals surface area contributed by atoms with Gasteiger partial charge in [-0.15, -0.1) is 0 Å². The van der Waals surface area contributed by atoms with Crippen LogP contribution in [0.1, 0.15) is 40.5 Å². The van der Waals surface area contributed by atoms with E-state index in [9.17, 15) is 0 Å². The van der Waals surface area contributed by atoms with Gasteiger partial charge in [0.15, 0.2) is 0 Å². The summed E-state index contributed by atoms with van der Waals surface area (Å²) in [7, 11) is 0. The normalized spacial score (nSPS) is 13.4. The lowest BCUT2D eigenvalue weighted by Crippen LogP contribution is -2.42. The molecule has 1 aromatic carbocycles. The summed E-state index contributed by atoms with van der Waals surface area (Å²) in [4.78, 5) is 0. The molecule has 0 saturated carbocycles. The number of rotatable bonds is 6. The second-order valence-corrected chi connectivity index (χ2v) is 6.53. The van der Waals surface area contributed by atoms with Crippen molar-refractivity contribution in [2.24, 2.45) is 0 Å².